The van der Waals surface area contributed by atoms with Gasteiger partial charge in [0.05, 0.1) is 24.7 Å². The van der Waals surface area contributed by atoms with Crippen LogP contribution in [0.2, 0.25) is 0 Å². The van der Waals surface area contributed by atoms with Crippen LogP contribution in [0.25, 0.3) is 0 Å². The summed E-state index contributed by atoms with van der Waals surface area (Å²) in [4.78, 5) is 33.0. The Labute approximate surface area is 179 Å². The highest BCUT2D eigenvalue weighted by Crippen LogP contribution is 2.37. The second-order valence-electron chi connectivity index (χ2n) is 6.15. The van der Waals surface area contributed by atoms with Crippen LogP contribution < -0.4 is 20.1 Å². The maximum atomic E-state index is 12.8. The zero-order chi connectivity index (χ0) is 22.8. The highest BCUT2D eigenvalue weighted by molar-refractivity contribution is 5.92. The summed E-state index contributed by atoms with van der Waals surface area (Å²) in [6, 6.07) is 4.62. The van der Waals surface area contributed by atoms with Gasteiger partial charge in [-0.2, -0.15) is 4.98 Å². The van der Waals surface area contributed by atoms with E-state index in [9.17, 15) is 14.9 Å². The van der Waals surface area contributed by atoms with E-state index in [1.807, 2.05) is 6.92 Å². The minimum atomic E-state index is -0.821. The van der Waals surface area contributed by atoms with Crippen molar-refractivity contribution < 1.29 is 23.9 Å². The number of nitrogens with zero attached hydrogens (tertiary/aromatic N) is 4. The van der Waals surface area contributed by atoms with Gasteiger partial charge in [-0.3, -0.25) is 20.0 Å². The van der Waals surface area contributed by atoms with Crippen LogP contribution in [0.15, 0.2) is 37.1 Å². The average Bonchev–Trinajstić information content (AvgIpc) is 2.74. The summed E-state index contributed by atoms with van der Waals surface area (Å²) in [5.74, 6) is 0.0642. The molecule has 2 aromatic heterocycles. The van der Waals surface area contributed by atoms with E-state index in [1.54, 1.807) is 25.1 Å². The van der Waals surface area contributed by atoms with Gasteiger partial charge in [0, 0.05) is 12.3 Å². The molecule has 0 spiro atoms. The molecule has 11 nitrogen and oxygen atoms in total. The van der Waals surface area contributed by atoms with Crippen molar-refractivity contribution in [1.29, 1.82) is 0 Å². The van der Waals surface area contributed by atoms with Crippen LogP contribution in [0, 0.1) is 10.1 Å². The molecule has 0 aliphatic rings. The molecule has 2 heterocycles. The van der Waals surface area contributed by atoms with Gasteiger partial charge in [-0.25, -0.2) is 4.79 Å². The average molecular weight is 431 g/mol. The summed E-state index contributed by atoms with van der Waals surface area (Å²) in [5, 5.41) is 11.7. The topological polar surface area (TPSA) is 143 Å². The second kappa shape index (κ2) is 11.3. The molecule has 1 amide bonds. The fraction of sp³-hybridized carbons (Fsp3) is 0.350. The van der Waals surface area contributed by atoms with E-state index in [0.29, 0.717) is 24.5 Å². The quantitative estimate of drug-likeness (QED) is 0.321. The first-order valence-electron chi connectivity index (χ1n) is 9.62. The Hall–Kier alpha value is -3.89. The smallest absolute Gasteiger partial charge is 0.414 e. The van der Waals surface area contributed by atoms with E-state index in [4.69, 9.17) is 19.9 Å². The van der Waals surface area contributed by atoms with Crippen LogP contribution >= 0.6 is 0 Å². The van der Waals surface area contributed by atoms with Crippen LogP contribution in [-0.4, -0.2) is 40.8 Å². The van der Waals surface area contributed by atoms with Crippen LogP contribution in [0.1, 0.15) is 26.0 Å². The van der Waals surface area contributed by atoms with Crippen molar-refractivity contribution in [3.8, 4) is 11.6 Å². The number of carbonyl (C=O) groups is 1. The molecule has 0 unspecified atom stereocenters. The first-order valence-corrected chi connectivity index (χ1v) is 9.62. The van der Waals surface area contributed by atoms with Gasteiger partial charge in [-0.15, -0.1) is 0 Å². The zero-order valence-corrected chi connectivity index (χ0v) is 17.4. The fourth-order valence-corrected chi connectivity index (χ4v) is 2.62. The first kappa shape index (κ1) is 23.4. The molecule has 0 radical (unpaired) electrons. The Morgan fingerprint density at radius 1 is 1.39 bits per heavy atom. The third-order valence-corrected chi connectivity index (χ3v) is 3.90. The third kappa shape index (κ3) is 6.04. The molecular weight excluding hydrogens is 406 g/mol. The van der Waals surface area contributed by atoms with E-state index >= 15 is 0 Å². The number of rotatable bonds is 11. The van der Waals surface area contributed by atoms with Gasteiger partial charge >= 0.3 is 11.8 Å². The molecule has 0 aliphatic heterocycles. The predicted molar refractivity (Wildman–Crippen MR) is 114 cm³/mol. The van der Waals surface area contributed by atoms with E-state index < -0.39 is 16.7 Å². The minimum absolute atomic E-state index is 0.0541. The van der Waals surface area contributed by atoms with Crippen LogP contribution in [0.4, 0.5) is 22.0 Å². The number of nitrogens with two attached hydrogens (primary N) is 1. The fourth-order valence-electron chi connectivity index (χ4n) is 2.62. The summed E-state index contributed by atoms with van der Waals surface area (Å²) in [6.07, 6.45) is 2.95. The maximum Gasteiger partial charge on any atom is 0.414 e. The lowest BCUT2D eigenvalue weighted by molar-refractivity contribution is -0.383. The standard InChI is InChI=1S/C20H25N5O6/c1-4-10-30-16-8-7-9-22-14(16)13-24(20(26)29-6-3)15-12-17(31-11-5-2)23-19(21)18(15)25(27)28/h4,7-9,12H,1,5-6,10-11,13H2,2-3H3,(H2,21,23). The molecule has 11 heteroatoms. The molecule has 0 saturated heterocycles. The number of pyridine rings is 2. The molecule has 2 N–H and O–H groups in total. The summed E-state index contributed by atoms with van der Waals surface area (Å²) in [6.45, 7) is 7.55. The van der Waals surface area contributed by atoms with Crippen molar-refractivity contribution in [2.45, 2.75) is 26.8 Å². The summed E-state index contributed by atoms with van der Waals surface area (Å²) >= 11 is 0. The number of hydrogen-bond donors (Lipinski definition) is 1. The lowest BCUT2D eigenvalue weighted by Crippen LogP contribution is -2.32. The first-order chi connectivity index (χ1) is 14.9. The van der Waals surface area contributed by atoms with Gasteiger partial charge in [0.2, 0.25) is 11.7 Å². The van der Waals surface area contributed by atoms with Gasteiger partial charge in [0.15, 0.2) is 0 Å². The van der Waals surface area contributed by atoms with E-state index in [-0.39, 0.29) is 37.1 Å². The minimum Gasteiger partial charge on any atom is -0.488 e. The van der Waals surface area contributed by atoms with Crippen molar-refractivity contribution >= 4 is 23.3 Å². The van der Waals surface area contributed by atoms with Gasteiger partial charge in [0.1, 0.15) is 23.7 Å². The van der Waals surface area contributed by atoms with Crippen LogP contribution in [0.3, 0.4) is 0 Å². The number of hydrogen-bond acceptors (Lipinski definition) is 9. The van der Waals surface area contributed by atoms with E-state index in [0.717, 1.165) is 4.90 Å². The Morgan fingerprint density at radius 3 is 2.81 bits per heavy atom. The lowest BCUT2D eigenvalue weighted by Gasteiger charge is -2.23. The van der Waals surface area contributed by atoms with Crippen molar-refractivity contribution in [3.63, 3.8) is 0 Å². The zero-order valence-electron chi connectivity index (χ0n) is 17.4. The van der Waals surface area contributed by atoms with Gasteiger partial charge in [-0.05, 0) is 25.5 Å². The van der Waals surface area contributed by atoms with Crippen LogP contribution in [-0.2, 0) is 11.3 Å². The van der Waals surface area contributed by atoms with Gasteiger partial charge < -0.3 is 19.9 Å². The monoisotopic (exact) mass is 431 g/mol. The molecular formula is C20H25N5O6. The lowest BCUT2D eigenvalue weighted by atomic mass is 10.2. The maximum absolute atomic E-state index is 12.8. The van der Waals surface area contributed by atoms with Crippen molar-refractivity contribution in [2.75, 3.05) is 30.5 Å². The van der Waals surface area contributed by atoms with Crippen molar-refractivity contribution in [2.24, 2.45) is 0 Å². The van der Waals surface area contributed by atoms with E-state index in [2.05, 4.69) is 16.5 Å². The molecule has 166 valence electrons. The largest absolute Gasteiger partial charge is 0.488 e. The molecule has 31 heavy (non-hydrogen) atoms. The van der Waals surface area contributed by atoms with Crippen molar-refractivity contribution in [1.82, 2.24) is 9.97 Å². The molecule has 0 bridgehead atoms. The molecule has 2 rings (SSSR count). The Bertz CT molecular complexity index is 936. The number of nitrogen functional groups attached to an aromatic ring is 1. The number of nitro groups is 1. The number of amides is 1. The Morgan fingerprint density at radius 2 is 2.16 bits per heavy atom. The molecule has 0 saturated carbocycles. The van der Waals surface area contributed by atoms with Crippen molar-refractivity contribution in [3.05, 3.63) is 52.9 Å². The molecule has 0 fully saturated rings. The normalized spacial score (nSPS) is 10.3. The van der Waals surface area contributed by atoms with E-state index in [1.165, 1.54) is 12.3 Å². The Kier molecular flexibility index (Phi) is 8.55. The SMILES string of the molecule is C=CCOc1cccnc1CN(C(=O)OCC)c1cc(OCCC)nc(N)c1[N+](=O)[O-]. The Balaban J connectivity index is 2.58. The number of aromatic nitrogens is 2. The third-order valence-electron chi connectivity index (χ3n) is 3.90. The van der Waals surface area contributed by atoms with Gasteiger partial charge in [0.25, 0.3) is 0 Å². The summed E-state index contributed by atoms with van der Waals surface area (Å²) in [7, 11) is 0. The predicted octanol–water partition coefficient (Wildman–Crippen LogP) is 3.48. The van der Waals surface area contributed by atoms with Crippen LogP contribution in [0.5, 0.6) is 11.6 Å². The highest BCUT2D eigenvalue weighted by Gasteiger charge is 2.31. The molecule has 0 aromatic carbocycles. The highest BCUT2D eigenvalue weighted by atomic mass is 16.6. The summed E-state index contributed by atoms with van der Waals surface area (Å²) < 4.78 is 16.2. The number of anilines is 2. The number of ether oxygens (including phenoxy) is 3. The molecule has 0 aliphatic carbocycles. The molecule has 0 atom stereocenters. The summed E-state index contributed by atoms with van der Waals surface area (Å²) in [5.41, 5.74) is 5.53. The van der Waals surface area contributed by atoms with Gasteiger partial charge in [-0.1, -0.05) is 19.6 Å². The number of carbonyl (C=O) groups excluding carboxylic acids is 1. The second-order valence-corrected chi connectivity index (χ2v) is 6.15. The molecule has 2 aromatic rings.